The maximum absolute atomic E-state index is 13.5. The van der Waals surface area contributed by atoms with Gasteiger partial charge in [-0.1, -0.05) is 18.2 Å². The number of para-hydroxylation sites is 1. The van der Waals surface area contributed by atoms with E-state index in [1.807, 2.05) is 43.3 Å². The Morgan fingerprint density at radius 3 is 2.47 bits per heavy atom. The van der Waals surface area contributed by atoms with Crippen molar-refractivity contribution in [3.05, 3.63) is 57.9 Å². The molecule has 1 aromatic heterocycles. The molecule has 36 heavy (non-hydrogen) atoms. The largest absolute Gasteiger partial charge is 0.496 e. The van der Waals surface area contributed by atoms with Gasteiger partial charge in [0, 0.05) is 44.4 Å². The summed E-state index contributed by atoms with van der Waals surface area (Å²) in [5, 5.41) is 8.62. The van der Waals surface area contributed by atoms with E-state index in [9.17, 15) is 4.79 Å². The quantitative estimate of drug-likeness (QED) is 0.573. The van der Waals surface area contributed by atoms with E-state index in [4.69, 9.17) is 23.7 Å². The van der Waals surface area contributed by atoms with Crippen LogP contribution in [0.4, 0.5) is 0 Å². The van der Waals surface area contributed by atoms with Crippen molar-refractivity contribution in [2.24, 2.45) is 0 Å². The van der Waals surface area contributed by atoms with Gasteiger partial charge in [-0.25, -0.2) is 0 Å². The maximum Gasteiger partial charge on any atom is 0.200 e. The molecule has 0 unspecified atom stereocenters. The molecule has 1 fully saturated rings. The lowest BCUT2D eigenvalue weighted by Gasteiger charge is -2.32. The molecular weight excluding hydrogens is 460 g/mol. The number of morpholine rings is 1. The van der Waals surface area contributed by atoms with Crippen molar-refractivity contribution >= 4 is 11.0 Å². The van der Waals surface area contributed by atoms with Crippen molar-refractivity contribution < 1.29 is 23.7 Å². The molecule has 3 aromatic rings. The Labute approximate surface area is 212 Å². The normalized spacial score (nSPS) is 16.3. The van der Waals surface area contributed by atoms with Crippen molar-refractivity contribution in [3.63, 3.8) is 0 Å². The molecule has 0 aliphatic carbocycles. The second-order valence-corrected chi connectivity index (χ2v) is 9.36. The highest BCUT2D eigenvalue weighted by molar-refractivity contribution is 5.87. The minimum absolute atomic E-state index is 0.0542. The molecule has 0 atom stereocenters. The van der Waals surface area contributed by atoms with Crippen molar-refractivity contribution in [2.45, 2.75) is 33.4 Å². The van der Waals surface area contributed by atoms with Crippen LogP contribution >= 0.6 is 0 Å². The highest BCUT2D eigenvalue weighted by atomic mass is 16.5. The van der Waals surface area contributed by atoms with Gasteiger partial charge in [0.25, 0.3) is 0 Å². The molecule has 5 rings (SSSR count). The van der Waals surface area contributed by atoms with Crippen molar-refractivity contribution in [3.8, 4) is 22.6 Å². The summed E-state index contributed by atoms with van der Waals surface area (Å²) in [6.45, 7) is 11.9. The first kappa shape index (κ1) is 26.2. The Morgan fingerprint density at radius 1 is 1.06 bits per heavy atom. The van der Waals surface area contributed by atoms with E-state index in [2.05, 4.69) is 9.80 Å². The fraction of sp³-hybridized carbons (Fsp3) is 0.464. The number of rotatable bonds is 5. The van der Waals surface area contributed by atoms with Gasteiger partial charge in [-0.2, -0.15) is 0 Å². The predicted molar refractivity (Wildman–Crippen MR) is 140 cm³/mol. The molecule has 0 saturated carbocycles. The van der Waals surface area contributed by atoms with E-state index in [0.29, 0.717) is 41.3 Å². The Morgan fingerprint density at radius 2 is 1.75 bits per heavy atom. The van der Waals surface area contributed by atoms with Crippen molar-refractivity contribution in [1.82, 2.24) is 9.80 Å². The summed E-state index contributed by atoms with van der Waals surface area (Å²) in [5.74, 6) is 2.01. The van der Waals surface area contributed by atoms with Gasteiger partial charge in [0.1, 0.15) is 29.6 Å². The number of aliphatic hydroxyl groups excluding tert-OH is 1. The van der Waals surface area contributed by atoms with Crippen LogP contribution in [0.1, 0.15) is 25.2 Å². The van der Waals surface area contributed by atoms with Crippen LogP contribution in [0.3, 0.4) is 0 Å². The lowest BCUT2D eigenvalue weighted by Crippen LogP contribution is -2.43. The van der Waals surface area contributed by atoms with Gasteiger partial charge in [-0.15, -0.1) is 0 Å². The highest BCUT2D eigenvalue weighted by Gasteiger charge is 2.25. The molecule has 1 saturated heterocycles. The minimum atomic E-state index is -0.167. The molecule has 2 aliphatic heterocycles. The molecule has 0 amide bonds. The average molecular weight is 497 g/mol. The molecule has 0 radical (unpaired) electrons. The number of methoxy groups -OCH3 is 1. The van der Waals surface area contributed by atoms with Crippen LogP contribution in [-0.2, 0) is 11.3 Å². The second-order valence-electron chi connectivity index (χ2n) is 9.36. The summed E-state index contributed by atoms with van der Waals surface area (Å²) in [7, 11) is 1.61. The van der Waals surface area contributed by atoms with Crippen molar-refractivity contribution in [2.75, 3.05) is 53.2 Å². The zero-order chi connectivity index (χ0) is 25.7. The molecule has 0 bridgehead atoms. The molecule has 8 nitrogen and oxygen atoms in total. The fourth-order valence-corrected chi connectivity index (χ4v) is 4.53. The Kier molecular flexibility index (Phi) is 8.64. The molecular formula is C28H36N2O6. The fourth-order valence-electron chi connectivity index (χ4n) is 4.53. The third-order valence-corrected chi connectivity index (χ3v) is 6.29. The number of nitrogens with zero attached hydrogens (tertiary/aromatic N) is 2. The summed E-state index contributed by atoms with van der Waals surface area (Å²) in [6.07, 6.45) is -0.167. The molecule has 3 heterocycles. The maximum atomic E-state index is 13.5. The van der Waals surface area contributed by atoms with Gasteiger partial charge in [0.15, 0.2) is 0 Å². The SMILES string of the molecule is CC(C)O.COc1ccccc1-c1c(C)oc2c3c(ccc2c1=O)OCN(CCN1CCOCC1)C3. The molecule has 0 spiro atoms. The number of aliphatic hydroxyl groups is 1. The third kappa shape index (κ3) is 5.90. The van der Waals surface area contributed by atoms with Crippen LogP contribution in [0.25, 0.3) is 22.1 Å². The molecule has 2 aromatic carbocycles. The van der Waals surface area contributed by atoms with Crippen LogP contribution in [0.2, 0.25) is 0 Å². The van der Waals surface area contributed by atoms with Gasteiger partial charge in [-0.3, -0.25) is 14.6 Å². The first-order chi connectivity index (χ1) is 17.4. The number of hydrogen-bond donors (Lipinski definition) is 1. The average Bonchev–Trinajstić information content (AvgIpc) is 2.88. The zero-order valence-corrected chi connectivity index (χ0v) is 21.6. The lowest BCUT2D eigenvalue weighted by molar-refractivity contribution is 0.0241. The molecule has 2 aliphatic rings. The van der Waals surface area contributed by atoms with Crippen LogP contribution < -0.4 is 14.9 Å². The Hall–Kier alpha value is -2.91. The lowest BCUT2D eigenvalue weighted by atomic mass is 10.00. The van der Waals surface area contributed by atoms with E-state index >= 15 is 0 Å². The topological polar surface area (TPSA) is 84.6 Å². The van der Waals surface area contributed by atoms with Crippen LogP contribution in [0.5, 0.6) is 11.5 Å². The Balaban J connectivity index is 0.000000709. The van der Waals surface area contributed by atoms with E-state index in [1.54, 1.807) is 21.0 Å². The molecule has 8 heteroatoms. The van der Waals surface area contributed by atoms with Crippen LogP contribution in [-0.4, -0.2) is 74.2 Å². The van der Waals surface area contributed by atoms with E-state index in [-0.39, 0.29) is 11.5 Å². The first-order valence-corrected chi connectivity index (χ1v) is 12.4. The summed E-state index contributed by atoms with van der Waals surface area (Å²) in [5.41, 5.74) is 2.77. The van der Waals surface area contributed by atoms with E-state index in [0.717, 1.165) is 56.3 Å². The van der Waals surface area contributed by atoms with Gasteiger partial charge in [0.05, 0.1) is 36.8 Å². The van der Waals surface area contributed by atoms with E-state index in [1.165, 1.54) is 0 Å². The molecule has 194 valence electrons. The summed E-state index contributed by atoms with van der Waals surface area (Å²) in [6, 6.07) is 11.2. The zero-order valence-electron chi connectivity index (χ0n) is 21.6. The van der Waals surface area contributed by atoms with Gasteiger partial charge in [-0.05, 0) is 39.0 Å². The number of aryl methyl sites for hydroxylation is 1. The van der Waals surface area contributed by atoms with Gasteiger partial charge < -0.3 is 23.7 Å². The van der Waals surface area contributed by atoms with Crippen molar-refractivity contribution in [1.29, 1.82) is 0 Å². The predicted octanol–water partition coefficient (Wildman–Crippen LogP) is 3.65. The summed E-state index contributed by atoms with van der Waals surface area (Å²) >= 11 is 0. The third-order valence-electron chi connectivity index (χ3n) is 6.29. The van der Waals surface area contributed by atoms with E-state index < -0.39 is 0 Å². The number of hydrogen-bond acceptors (Lipinski definition) is 8. The van der Waals surface area contributed by atoms with Gasteiger partial charge in [0.2, 0.25) is 5.43 Å². The summed E-state index contributed by atoms with van der Waals surface area (Å²) < 4.78 is 23.2. The van der Waals surface area contributed by atoms with Gasteiger partial charge >= 0.3 is 0 Å². The number of benzene rings is 2. The monoisotopic (exact) mass is 496 g/mol. The molecule has 1 N–H and O–H groups in total. The van der Waals surface area contributed by atoms with Crippen LogP contribution in [0.15, 0.2) is 45.6 Å². The minimum Gasteiger partial charge on any atom is -0.496 e. The van der Waals surface area contributed by atoms with Crippen LogP contribution in [0, 0.1) is 6.92 Å². The number of fused-ring (bicyclic) bond motifs is 3. The second kappa shape index (κ2) is 11.9. The summed E-state index contributed by atoms with van der Waals surface area (Å²) in [4.78, 5) is 18.2. The smallest absolute Gasteiger partial charge is 0.200 e. The first-order valence-electron chi connectivity index (χ1n) is 12.4. The standard InChI is InChI=1S/C25H28N2O5.C3H8O/c1-17-23(18-5-3-4-6-21(18)29-2)24(28)19-7-8-22-20(25(19)32-17)15-27(16-31-22)10-9-26-11-13-30-14-12-26;1-3(2)4/h3-8H,9-16H2,1-2H3;3-4H,1-2H3. The Bertz CT molecular complexity index is 1230. The number of ether oxygens (including phenoxy) is 3. The highest BCUT2D eigenvalue weighted by Crippen LogP contribution is 2.35.